The second-order valence-corrected chi connectivity index (χ2v) is 6.93. The zero-order valence-electron chi connectivity index (χ0n) is 14.6. The highest BCUT2D eigenvalue weighted by Crippen LogP contribution is 2.39. The highest BCUT2D eigenvalue weighted by Gasteiger charge is 2.20. The van der Waals surface area contributed by atoms with E-state index in [1.165, 1.54) is 17.5 Å². The summed E-state index contributed by atoms with van der Waals surface area (Å²) in [5, 5.41) is 3.40. The number of nitrogens with one attached hydrogen (secondary N) is 1. The maximum atomic E-state index is 12.5. The molecule has 136 valence electrons. The van der Waals surface area contributed by atoms with Gasteiger partial charge < -0.3 is 18.9 Å². The zero-order valence-corrected chi connectivity index (χ0v) is 15.4. The quantitative estimate of drug-likeness (QED) is 0.755. The number of amides is 1. The van der Waals surface area contributed by atoms with Gasteiger partial charge in [0.15, 0.2) is 5.13 Å². The molecule has 1 aliphatic heterocycles. The topological polar surface area (TPSA) is 81.5 Å². The molecule has 2 aromatic heterocycles. The van der Waals surface area contributed by atoms with E-state index in [0.29, 0.717) is 29.8 Å². The molecule has 1 N–H and O–H groups in total. The molecule has 1 amide bonds. The van der Waals surface area contributed by atoms with Gasteiger partial charge in [-0.25, -0.2) is 9.97 Å². The molecular formula is C17H19N5O3S. The highest BCUT2D eigenvalue weighted by molar-refractivity contribution is 7.23. The second-order valence-electron chi connectivity index (χ2n) is 5.93. The van der Waals surface area contributed by atoms with Crippen molar-refractivity contribution >= 4 is 38.3 Å². The summed E-state index contributed by atoms with van der Waals surface area (Å²) in [6, 6.07) is 3.96. The summed E-state index contributed by atoms with van der Waals surface area (Å²) in [7, 11) is 3.40. The third-order valence-corrected chi connectivity index (χ3v) is 5.32. The van der Waals surface area contributed by atoms with E-state index in [1.807, 2.05) is 12.1 Å². The summed E-state index contributed by atoms with van der Waals surface area (Å²) in [5.74, 6) is 0.449. The van der Waals surface area contributed by atoms with Gasteiger partial charge in [-0.15, -0.1) is 0 Å². The van der Waals surface area contributed by atoms with Gasteiger partial charge in [0.2, 0.25) is 0 Å². The fourth-order valence-corrected chi connectivity index (χ4v) is 4.00. The number of fused-ring (bicyclic) bond motifs is 1. The van der Waals surface area contributed by atoms with Crippen LogP contribution in [0.2, 0.25) is 0 Å². The van der Waals surface area contributed by atoms with Crippen molar-refractivity contribution in [3.8, 4) is 5.75 Å². The minimum Gasteiger partial charge on any atom is -0.494 e. The number of rotatable bonds is 4. The number of hydrogen-bond acceptors (Lipinski definition) is 7. The van der Waals surface area contributed by atoms with Crippen molar-refractivity contribution in [2.45, 2.75) is 0 Å². The van der Waals surface area contributed by atoms with Gasteiger partial charge in [-0.3, -0.25) is 10.1 Å². The highest BCUT2D eigenvalue weighted by atomic mass is 32.1. The fraction of sp³-hybridized carbons (Fsp3) is 0.353. The molecule has 26 heavy (non-hydrogen) atoms. The fourth-order valence-electron chi connectivity index (χ4n) is 2.98. The minimum atomic E-state index is -0.240. The van der Waals surface area contributed by atoms with E-state index >= 15 is 0 Å². The second kappa shape index (κ2) is 6.93. The standard InChI is InChI=1S/C17H19N5O3S/c1-21-10-18-9-12(21)16(23)20-17-19-14-13(24-2)4-3-11(15(14)26-17)22-5-7-25-8-6-22/h3-4,9-10H,5-8H2,1-2H3,(H,19,20,23). The van der Waals surface area contributed by atoms with Crippen LogP contribution in [0.25, 0.3) is 10.2 Å². The van der Waals surface area contributed by atoms with Crippen LogP contribution >= 0.6 is 11.3 Å². The number of nitrogens with zero attached hydrogens (tertiary/aromatic N) is 4. The van der Waals surface area contributed by atoms with Gasteiger partial charge in [0.1, 0.15) is 17.0 Å². The Morgan fingerprint density at radius 3 is 2.85 bits per heavy atom. The van der Waals surface area contributed by atoms with E-state index < -0.39 is 0 Å². The summed E-state index contributed by atoms with van der Waals surface area (Å²) in [6.07, 6.45) is 3.12. The number of aryl methyl sites for hydroxylation is 1. The van der Waals surface area contributed by atoms with Crippen molar-refractivity contribution in [1.82, 2.24) is 14.5 Å². The molecule has 9 heteroatoms. The lowest BCUT2D eigenvalue weighted by molar-refractivity contribution is 0.101. The van der Waals surface area contributed by atoms with Gasteiger partial charge in [-0.2, -0.15) is 0 Å². The van der Waals surface area contributed by atoms with Crippen LogP contribution in [0, 0.1) is 0 Å². The van der Waals surface area contributed by atoms with E-state index in [-0.39, 0.29) is 5.91 Å². The Morgan fingerprint density at radius 2 is 2.15 bits per heavy atom. The first-order valence-corrected chi connectivity index (χ1v) is 9.07. The Labute approximate surface area is 154 Å². The summed E-state index contributed by atoms with van der Waals surface area (Å²) < 4.78 is 13.6. The number of carbonyl (C=O) groups excluding carboxylic acids is 1. The maximum Gasteiger partial charge on any atom is 0.275 e. The predicted molar refractivity (Wildman–Crippen MR) is 100 cm³/mol. The number of carbonyl (C=O) groups is 1. The van der Waals surface area contributed by atoms with Crippen LogP contribution in [0.15, 0.2) is 24.7 Å². The molecule has 1 fully saturated rings. The van der Waals surface area contributed by atoms with Crippen molar-refractivity contribution in [2.75, 3.05) is 43.6 Å². The van der Waals surface area contributed by atoms with Crippen LogP contribution in [0.1, 0.15) is 10.5 Å². The molecule has 8 nitrogen and oxygen atoms in total. The minimum absolute atomic E-state index is 0.240. The lowest BCUT2D eigenvalue weighted by Crippen LogP contribution is -2.36. The molecule has 4 rings (SSSR count). The molecule has 1 aliphatic rings. The number of methoxy groups -OCH3 is 1. The van der Waals surface area contributed by atoms with Crippen LogP contribution in [-0.2, 0) is 11.8 Å². The summed E-state index contributed by atoms with van der Waals surface area (Å²) in [5.41, 5.74) is 2.31. The monoisotopic (exact) mass is 373 g/mol. The Balaban J connectivity index is 1.70. The molecule has 0 aliphatic carbocycles. The van der Waals surface area contributed by atoms with E-state index in [4.69, 9.17) is 9.47 Å². The number of imidazole rings is 1. The largest absolute Gasteiger partial charge is 0.494 e. The van der Waals surface area contributed by atoms with E-state index in [0.717, 1.165) is 29.0 Å². The summed E-state index contributed by atoms with van der Waals surface area (Å²) in [6.45, 7) is 3.07. The van der Waals surface area contributed by atoms with Crippen LogP contribution in [0.3, 0.4) is 0 Å². The smallest absolute Gasteiger partial charge is 0.275 e. The summed E-state index contributed by atoms with van der Waals surface area (Å²) >= 11 is 1.44. The zero-order chi connectivity index (χ0) is 18.1. The SMILES string of the molecule is COc1ccc(N2CCOCC2)c2sc(NC(=O)c3cncn3C)nc12. The van der Waals surface area contributed by atoms with E-state index in [9.17, 15) is 4.79 Å². The average molecular weight is 373 g/mol. The van der Waals surface area contributed by atoms with Crippen LogP contribution in [0.4, 0.5) is 10.8 Å². The lowest BCUT2D eigenvalue weighted by Gasteiger charge is -2.29. The molecule has 0 bridgehead atoms. The van der Waals surface area contributed by atoms with Crippen molar-refractivity contribution in [2.24, 2.45) is 7.05 Å². The van der Waals surface area contributed by atoms with Crippen molar-refractivity contribution < 1.29 is 14.3 Å². The third-order valence-electron chi connectivity index (χ3n) is 4.33. The number of morpholine rings is 1. The van der Waals surface area contributed by atoms with Gasteiger partial charge in [0.05, 0.1) is 43.2 Å². The number of benzene rings is 1. The number of aromatic nitrogens is 3. The van der Waals surface area contributed by atoms with Gasteiger partial charge in [-0.1, -0.05) is 11.3 Å². The van der Waals surface area contributed by atoms with Gasteiger partial charge >= 0.3 is 0 Å². The number of anilines is 2. The van der Waals surface area contributed by atoms with Crippen LogP contribution in [-0.4, -0.2) is 53.9 Å². The van der Waals surface area contributed by atoms with E-state index in [1.54, 1.807) is 25.1 Å². The van der Waals surface area contributed by atoms with Crippen LogP contribution in [0.5, 0.6) is 5.75 Å². The molecule has 0 unspecified atom stereocenters. The molecule has 0 radical (unpaired) electrons. The molecular weight excluding hydrogens is 354 g/mol. The first-order valence-electron chi connectivity index (χ1n) is 8.25. The Morgan fingerprint density at radius 1 is 1.35 bits per heavy atom. The normalized spacial score (nSPS) is 14.6. The molecule has 3 heterocycles. The Hall–Kier alpha value is -2.65. The molecule has 0 atom stereocenters. The molecule has 0 saturated carbocycles. The summed E-state index contributed by atoms with van der Waals surface area (Å²) in [4.78, 5) is 23.3. The first-order chi connectivity index (χ1) is 12.7. The van der Waals surface area contributed by atoms with E-state index in [2.05, 4.69) is 20.2 Å². The van der Waals surface area contributed by atoms with Crippen molar-refractivity contribution in [3.63, 3.8) is 0 Å². The van der Waals surface area contributed by atoms with Crippen molar-refractivity contribution in [3.05, 3.63) is 30.4 Å². The predicted octanol–water partition coefficient (Wildman–Crippen LogP) is 2.13. The number of thiazole rings is 1. The number of hydrogen-bond donors (Lipinski definition) is 1. The first kappa shape index (κ1) is 16.8. The lowest BCUT2D eigenvalue weighted by atomic mass is 10.2. The maximum absolute atomic E-state index is 12.5. The Bertz CT molecular complexity index is 945. The van der Waals surface area contributed by atoms with Gasteiger partial charge in [0, 0.05) is 20.1 Å². The van der Waals surface area contributed by atoms with Gasteiger partial charge in [0.25, 0.3) is 5.91 Å². The number of ether oxygens (including phenoxy) is 2. The third kappa shape index (κ3) is 2.99. The van der Waals surface area contributed by atoms with Crippen molar-refractivity contribution in [1.29, 1.82) is 0 Å². The molecule has 1 saturated heterocycles. The average Bonchev–Trinajstić information content (AvgIpc) is 3.27. The van der Waals surface area contributed by atoms with Crippen LogP contribution < -0.4 is 15.0 Å². The van der Waals surface area contributed by atoms with Gasteiger partial charge in [-0.05, 0) is 12.1 Å². The molecule has 1 aromatic carbocycles. The molecule has 0 spiro atoms. The molecule has 3 aromatic rings. The Kier molecular flexibility index (Phi) is 4.48.